The fourth-order valence-corrected chi connectivity index (χ4v) is 2.06. The van der Waals surface area contributed by atoms with Gasteiger partial charge in [0.05, 0.1) is 17.2 Å². The minimum atomic E-state index is -0.975. The number of nitrogens with zero attached hydrogens (tertiary/aromatic N) is 1. The Morgan fingerprint density at radius 1 is 1.05 bits per heavy atom. The fourth-order valence-electron chi connectivity index (χ4n) is 1.70. The molecule has 0 radical (unpaired) electrons. The molecule has 0 bridgehead atoms. The molecule has 1 N–H and O–H groups in total. The third-order valence-corrected chi connectivity index (χ3v) is 3.46. The maximum atomic E-state index is 10.8. The van der Waals surface area contributed by atoms with Crippen LogP contribution in [-0.2, 0) is 0 Å². The average molecular weight is 375 g/mol. The monoisotopic (exact) mass is 375 g/mol. The topological polar surface area (TPSA) is 61.1 Å². The Labute approximate surface area is 130 Å². The van der Waals surface area contributed by atoms with Crippen LogP contribution in [-0.4, -0.2) is 11.1 Å². The molecule has 2 aromatic rings. The van der Waals surface area contributed by atoms with Crippen molar-refractivity contribution in [2.24, 2.45) is 0 Å². The molecule has 0 fully saturated rings. The summed E-state index contributed by atoms with van der Waals surface area (Å²) in [6.07, 6.45) is 1.78. The number of hydrogen-bond acceptors (Lipinski definition) is 2. The Morgan fingerprint density at radius 2 is 1.60 bits per heavy atom. The molecule has 0 aliphatic rings. The molecule has 0 unspecified atom stereocenters. The summed E-state index contributed by atoms with van der Waals surface area (Å²) in [5, 5.41) is 18.1. The van der Waals surface area contributed by atoms with E-state index in [-0.39, 0.29) is 5.56 Å². The number of allylic oxidation sites excluding steroid dienone is 1. The van der Waals surface area contributed by atoms with Gasteiger partial charge in [-0.15, -0.1) is 0 Å². The smallest absolute Gasteiger partial charge is 0.335 e. The van der Waals surface area contributed by atoms with Gasteiger partial charge in [-0.2, -0.15) is 5.26 Å². The van der Waals surface area contributed by atoms with Crippen LogP contribution in [0, 0.1) is 14.9 Å². The lowest BCUT2D eigenvalue weighted by molar-refractivity contribution is 0.0697. The van der Waals surface area contributed by atoms with Gasteiger partial charge in [0.1, 0.15) is 0 Å². The van der Waals surface area contributed by atoms with E-state index in [1.54, 1.807) is 18.2 Å². The van der Waals surface area contributed by atoms with Crippen molar-refractivity contribution in [3.63, 3.8) is 0 Å². The SMILES string of the molecule is N#C/C(=C/c1ccc(I)cc1)c1ccc(C(=O)O)cc1. The largest absolute Gasteiger partial charge is 0.478 e. The lowest BCUT2D eigenvalue weighted by Crippen LogP contribution is -1.95. The number of aromatic carboxylic acids is 1. The highest BCUT2D eigenvalue weighted by molar-refractivity contribution is 14.1. The van der Waals surface area contributed by atoms with Gasteiger partial charge in [0, 0.05) is 3.57 Å². The van der Waals surface area contributed by atoms with Crippen LogP contribution in [0.15, 0.2) is 48.5 Å². The third-order valence-electron chi connectivity index (χ3n) is 2.74. The number of carboxylic acids is 1. The molecule has 4 heteroatoms. The third kappa shape index (κ3) is 3.45. The highest BCUT2D eigenvalue weighted by Gasteiger charge is 2.05. The molecule has 0 saturated heterocycles. The molecule has 0 aromatic heterocycles. The summed E-state index contributed by atoms with van der Waals surface area (Å²) in [4.78, 5) is 10.8. The van der Waals surface area contributed by atoms with E-state index >= 15 is 0 Å². The number of nitriles is 1. The number of carbonyl (C=O) groups is 1. The van der Waals surface area contributed by atoms with Gasteiger partial charge < -0.3 is 5.11 Å². The summed E-state index contributed by atoms with van der Waals surface area (Å²) in [5.74, 6) is -0.975. The second kappa shape index (κ2) is 6.35. The number of rotatable bonds is 3. The predicted octanol–water partition coefficient (Wildman–Crippen LogP) is 4.05. The van der Waals surface area contributed by atoms with E-state index in [1.807, 2.05) is 24.3 Å². The van der Waals surface area contributed by atoms with Crippen molar-refractivity contribution in [3.8, 4) is 6.07 Å². The van der Waals surface area contributed by atoms with E-state index in [9.17, 15) is 10.1 Å². The van der Waals surface area contributed by atoms with Crippen LogP contribution in [0.25, 0.3) is 11.6 Å². The molecule has 20 heavy (non-hydrogen) atoms. The van der Waals surface area contributed by atoms with E-state index in [2.05, 4.69) is 28.7 Å². The lowest BCUT2D eigenvalue weighted by atomic mass is 10.0. The highest BCUT2D eigenvalue weighted by atomic mass is 127. The minimum absolute atomic E-state index is 0.209. The Balaban J connectivity index is 2.35. The molecule has 0 spiro atoms. The van der Waals surface area contributed by atoms with Crippen molar-refractivity contribution in [3.05, 3.63) is 68.8 Å². The molecule has 0 saturated carbocycles. The van der Waals surface area contributed by atoms with E-state index in [4.69, 9.17) is 5.11 Å². The Morgan fingerprint density at radius 3 is 2.10 bits per heavy atom. The second-order valence-electron chi connectivity index (χ2n) is 4.10. The van der Waals surface area contributed by atoms with Crippen molar-refractivity contribution in [1.82, 2.24) is 0 Å². The number of carboxylic acid groups (broad SMARTS) is 1. The molecule has 0 heterocycles. The van der Waals surface area contributed by atoms with E-state index in [1.165, 1.54) is 12.1 Å². The van der Waals surface area contributed by atoms with Crippen LogP contribution >= 0.6 is 22.6 Å². The minimum Gasteiger partial charge on any atom is -0.478 e. The first-order chi connectivity index (χ1) is 9.60. The standard InChI is InChI=1S/C16H10INO2/c17-15-7-1-11(2-8-15)9-14(10-18)12-3-5-13(6-4-12)16(19)20/h1-9H,(H,19,20)/b14-9-. The second-order valence-corrected chi connectivity index (χ2v) is 5.35. The zero-order chi connectivity index (χ0) is 14.5. The normalized spacial score (nSPS) is 10.9. The molecule has 0 atom stereocenters. The van der Waals surface area contributed by atoms with Crippen LogP contribution in [0.3, 0.4) is 0 Å². The van der Waals surface area contributed by atoms with Crippen molar-refractivity contribution in [2.75, 3.05) is 0 Å². The summed E-state index contributed by atoms with van der Waals surface area (Å²) < 4.78 is 1.13. The van der Waals surface area contributed by atoms with E-state index in [0.29, 0.717) is 11.1 Å². The molecular weight excluding hydrogens is 365 g/mol. The Bertz CT molecular complexity index is 695. The van der Waals surface area contributed by atoms with Crippen LogP contribution in [0.1, 0.15) is 21.5 Å². The zero-order valence-corrected chi connectivity index (χ0v) is 12.5. The van der Waals surface area contributed by atoms with Crippen molar-refractivity contribution in [1.29, 1.82) is 5.26 Å². The Hall–Kier alpha value is -2.13. The maximum absolute atomic E-state index is 10.8. The Kier molecular flexibility index (Phi) is 4.53. The zero-order valence-electron chi connectivity index (χ0n) is 10.4. The first-order valence-corrected chi connectivity index (χ1v) is 6.89. The summed E-state index contributed by atoms with van der Waals surface area (Å²) in [6.45, 7) is 0. The van der Waals surface area contributed by atoms with E-state index < -0.39 is 5.97 Å². The fraction of sp³-hybridized carbons (Fsp3) is 0. The van der Waals surface area contributed by atoms with Gasteiger partial charge in [-0.1, -0.05) is 24.3 Å². The van der Waals surface area contributed by atoms with Gasteiger partial charge in [-0.3, -0.25) is 0 Å². The summed E-state index contributed by atoms with van der Waals surface area (Å²) >= 11 is 2.22. The first-order valence-electron chi connectivity index (χ1n) is 5.81. The van der Waals surface area contributed by atoms with Gasteiger partial charge >= 0.3 is 5.97 Å². The summed E-state index contributed by atoms with van der Waals surface area (Å²) in [7, 11) is 0. The van der Waals surface area contributed by atoms with Gasteiger partial charge in [0.2, 0.25) is 0 Å². The van der Waals surface area contributed by atoms with Crippen LogP contribution in [0.4, 0.5) is 0 Å². The summed E-state index contributed by atoms with van der Waals surface area (Å²) in [6, 6.07) is 16.2. The molecule has 0 aliphatic carbocycles. The van der Waals surface area contributed by atoms with Gasteiger partial charge in [0.15, 0.2) is 0 Å². The van der Waals surface area contributed by atoms with Crippen molar-refractivity contribution >= 4 is 40.2 Å². The van der Waals surface area contributed by atoms with Crippen LogP contribution < -0.4 is 0 Å². The molecule has 2 aromatic carbocycles. The molecule has 3 nitrogen and oxygen atoms in total. The predicted molar refractivity (Wildman–Crippen MR) is 86.0 cm³/mol. The van der Waals surface area contributed by atoms with Gasteiger partial charge in [-0.25, -0.2) is 4.79 Å². The van der Waals surface area contributed by atoms with Crippen LogP contribution in [0.2, 0.25) is 0 Å². The number of hydrogen-bond donors (Lipinski definition) is 1. The molecule has 0 amide bonds. The maximum Gasteiger partial charge on any atom is 0.335 e. The average Bonchev–Trinajstić information content (AvgIpc) is 2.47. The van der Waals surface area contributed by atoms with Gasteiger partial charge in [-0.05, 0) is 64.1 Å². The number of benzene rings is 2. The first kappa shape index (κ1) is 14.3. The van der Waals surface area contributed by atoms with E-state index in [0.717, 1.165) is 9.13 Å². The van der Waals surface area contributed by atoms with Crippen molar-refractivity contribution < 1.29 is 9.90 Å². The molecule has 0 aliphatic heterocycles. The molecule has 98 valence electrons. The number of halogens is 1. The van der Waals surface area contributed by atoms with Crippen molar-refractivity contribution in [2.45, 2.75) is 0 Å². The molecule has 2 rings (SSSR count). The van der Waals surface area contributed by atoms with Crippen LogP contribution in [0.5, 0.6) is 0 Å². The lowest BCUT2D eigenvalue weighted by Gasteiger charge is -2.01. The molecular formula is C16H10INO2. The van der Waals surface area contributed by atoms with Gasteiger partial charge in [0.25, 0.3) is 0 Å². The quantitative estimate of drug-likeness (QED) is 0.500. The summed E-state index contributed by atoms with van der Waals surface area (Å²) in [5.41, 5.74) is 2.35. The highest BCUT2D eigenvalue weighted by Crippen LogP contribution is 2.19.